The Balaban J connectivity index is 3.38. The van der Waals surface area contributed by atoms with Crippen LogP contribution in [0.4, 0.5) is 5.82 Å². The van der Waals surface area contributed by atoms with Crippen LogP contribution in [0, 0.1) is 0 Å². The average molecular weight is 202 g/mol. The molecule has 0 aromatic carbocycles. The van der Waals surface area contributed by atoms with Crippen molar-refractivity contribution in [1.82, 2.24) is 9.97 Å². The second-order valence-corrected chi connectivity index (χ2v) is 2.70. The lowest BCUT2D eigenvalue weighted by atomic mass is 10.1. The number of hydrogen-bond donors (Lipinski definition) is 2. The van der Waals surface area contributed by atoms with Gasteiger partial charge in [0.1, 0.15) is 5.82 Å². The maximum absolute atomic E-state index is 10.7. The highest BCUT2D eigenvalue weighted by atomic mass is 35.5. The molecule has 5 nitrogen and oxygen atoms in total. The highest BCUT2D eigenvalue weighted by Gasteiger charge is 2.15. The van der Waals surface area contributed by atoms with E-state index in [-0.39, 0.29) is 16.8 Å². The smallest absolute Gasteiger partial charge is 0.355 e. The van der Waals surface area contributed by atoms with Crippen molar-refractivity contribution in [3.8, 4) is 0 Å². The van der Waals surface area contributed by atoms with Gasteiger partial charge in [-0.15, -0.1) is 0 Å². The number of carboxylic acid groups (broad SMARTS) is 1. The van der Waals surface area contributed by atoms with Gasteiger partial charge in [-0.1, -0.05) is 6.92 Å². The number of nitrogens with zero attached hydrogens (tertiary/aromatic N) is 2. The minimum Gasteiger partial charge on any atom is -0.476 e. The highest BCUT2D eigenvalue weighted by molar-refractivity contribution is 6.28. The van der Waals surface area contributed by atoms with E-state index in [9.17, 15) is 4.79 Å². The zero-order valence-electron chi connectivity index (χ0n) is 6.91. The van der Waals surface area contributed by atoms with Gasteiger partial charge in [0.15, 0.2) is 5.69 Å². The van der Waals surface area contributed by atoms with Gasteiger partial charge >= 0.3 is 5.97 Å². The molecule has 0 atom stereocenters. The summed E-state index contributed by atoms with van der Waals surface area (Å²) >= 11 is 5.46. The number of aromatic nitrogens is 2. The van der Waals surface area contributed by atoms with Crippen LogP contribution >= 0.6 is 11.6 Å². The van der Waals surface area contributed by atoms with Gasteiger partial charge < -0.3 is 10.8 Å². The summed E-state index contributed by atoms with van der Waals surface area (Å²) in [7, 11) is 0. The number of anilines is 1. The fraction of sp³-hybridized carbons (Fsp3) is 0.286. The van der Waals surface area contributed by atoms with Crippen molar-refractivity contribution in [2.24, 2.45) is 0 Å². The van der Waals surface area contributed by atoms with E-state index >= 15 is 0 Å². The minimum atomic E-state index is -1.15. The zero-order valence-corrected chi connectivity index (χ0v) is 7.67. The summed E-state index contributed by atoms with van der Waals surface area (Å²) < 4.78 is 0. The van der Waals surface area contributed by atoms with Crippen LogP contribution in [-0.4, -0.2) is 21.0 Å². The molecule has 0 saturated heterocycles. The first-order chi connectivity index (χ1) is 6.06. The third kappa shape index (κ3) is 1.86. The number of hydrogen-bond acceptors (Lipinski definition) is 4. The molecule has 1 aromatic heterocycles. The van der Waals surface area contributed by atoms with E-state index in [0.717, 1.165) is 0 Å². The second-order valence-electron chi connectivity index (χ2n) is 2.36. The van der Waals surface area contributed by atoms with Crippen LogP contribution in [0.3, 0.4) is 0 Å². The van der Waals surface area contributed by atoms with Gasteiger partial charge in [0.25, 0.3) is 0 Å². The Kier molecular flexibility index (Phi) is 2.67. The quantitative estimate of drug-likeness (QED) is 0.696. The summed E-state index contributed by atoms with van der Waals surface area (Å²) in [5.74, 6) is -1.02. The molecular formula is C7H8ClN3O2. The fourth-order valence-corrected chi connectivity index (χ4v) is 1.17. The largest absolute Gasteiger partial charge is 0.476 e. The molecule has 0 fully saturated rings. The standard InChI is InChI=1S/C7H8ClN3O2/c1-2-3-4(6(12)13)10-7(8)11-5(3)9/h2H2,1H3,(H,12,13)(H2,9,10,11). The third-order valence-corrected chi connectivity index (χ3v) is 1.74. The van der Waals surface area contributed by atoms with E-state index in [4.69, 9.17) is 22.4 Å². The first kappa shape index (κ1) is 9.73. The van der Waals surface area contributed by atoms with Crippen molar-refractivity contribution in [3.05, 3.63) is 16.5 Å². The number of aromatic carboxylic acids is 1. The lowest BCUT2D eigenvalue weighted by Gasteiger charge is -2.05. The fourth-order valence-electron chi connectivity index (χ4n) is 0.998. The Morgan fingerprint density at radius 1 is 1.62 bits per heavy atom. The molecule has 0 spiro atoms. The van der Waals surface area contributed by atoms with Crippen LogP contribution in [-0.2, 0) is 6.42 Å². The Morgan fingerprint density at radius 3 is 2.69 bits per heavy atom. The Bertz CT molecular complexity index is 354. The van der Waals surface area contributed by atoms with E-state index in [0.29, 0.717) is 12.0 Å². The van der Waals surface area contributed by atoms with Crippen LogP contribution in [0.25, 0.3) is 0 Å². The molecular weight excluding hydrogens is 194 g/mol. The summed E-state index contributed by atoms with van der Waals surface area (Å²) in [6.45, 7) is 1.77. The van der Waals surface area contributed by atoms with E-state index in [1.54, 1.807) is 6.92 Å². The first-order valence-corrected chi connectivity index (χ1v) is 3.99. The Labute approximate surface area is 79.6 Å². The van der Waals surface area contributed by atoms with Gasteiger partial charge in [0, 0.05) is 5.56 Å². The van der Waals surface area contributed by atoms with Gasteiger partial charge in [0.2, 0.25) is 5.28 Å². The van der Waals surface area contributed by atoms with Gasteiger partial charge in [0.05, 0.1) is 0 Å². The monoisotopic (exact) mass is 201 g/mol. The summed E-state index contributed by atoms with van der Waals surface area (Å²) in [5, 5.41) is 8.59. The van der Waals surface area contributed by atoms with Crippen LogP contribution < -0.4 is 5.73 Å². The number of carbonyl (C=O) groups is 1. The maximum atomic E-state index is 10.7. The molecule has 6 heteroatoms. The van der Waals surface area contributed by atoms with Crippen LogP contribution in [0.15, 0.2) is 0 Å². The molecule has 0 aliphatic carbocycles. The molecule has 1 aromatic rings. The second kappa shape index (κ2) is 3.57. The zero-order chi connectivity index (χ0) is 10.0. The molecule has 0 radical (unpaired) electrons. The number of nitrogens with two attached hydrogens (primary N) is 1. The molecule has 0 bridgehead atoms. The molecule has 70 valence electrons. The van der Waals surface area contributed by atoms with Gasteiger partial charge in [-0.2, -0.15) is 0 Å². The van der Waals surface area contributed by atoms with Crippen LogP contribution in [0.5, 0.6) is 0 Å². The van der Waals surface area contributed by atoms with E-state index in [1.165, 1.54) is 0 Å². The number of halogens is 1. The summed E-state index contributed by atoms with van der Waals surface area (Å²) in [6, 6.07) is 0. The van der Waals surface area contributed by atoms with Gasteiger partial charge in [-0.3, -0.25) is 0 Å². The molecule has 0 aliphatic heterocycles. The molecule has 0 saturated carbocycles. The molecule has 0 aliphatic rings. The Hall–Kier alpha value is -1.36. The van der Waals surface area contributed by atoms with Gasteiger partial charge in [-0.05, 0) is 18.0 Å². The van der Waals surface area contributed by atoms with Crippen LogP contribution in [0.1, 0.15) is 23.0 Å². The van der Waals surface area contributed by atoms with Crippen molar-refractivity contribution in [1.29, 1.82) is 0 Å². The van der Waals surface area contributed by atoms with Crippen molar-refractivity contribution >= 4 is 23.4 Å². The maximum Gasteiger partial charge on any atom is 0.355 e. The van der Waals surface area contributed by atoms with Crippen molar-refractivity contribution in [2.45, 2.75) is 13.3 Å². The molecule has 0 unspecified atom stereocenters. The van der Waals surface area contributed by atoms with E-state index in [2.05, 4.69) is 9.97 Å². The predicted octanol–water partition coefficient (Wildman–Crippen LogP) is 0.973. The Morgan fingerprint density at radius 2 is 2.23 bits per heavy atom. The SMILES string of the molecule is CCc1c(N)nc(Cl)nc1C(=O)O. The predicted molar refractivity (Wildman–Crippen MR) is 47.8 cm³/mol. The molecule has 1 rings (SSSR count). The number of carboxylic acids is 1. The molecule has 0 amide bonds. The first-order valence-electron chi connectivity index (χ1n) is 3.61. The van der Waals surface area contributed by atoms with Crippen LogP contribution in [0.2, 0.25) is 5.28 Å². The minimum absolute atomic E-state index is 0.125. The lowest BCUT2D eigenvalue weighted by molar-refractivity contribution is 0.0689. The summed E-state index contributed by atoms with van der Waals surface area (Å²) in [5.41, 5.74) is 5.76. The van der Waals surface area contributed by atoms with Crippen molar-refractivity contribution in [3.63, 3.8) is 0 Å². The molecule has 1 heterocycles. The van der Waals surface area contributed by atoms with Gasteiger partial charge in [-0.25, -0.2) is 14.8 Å². The highest BCUT2D eigenvalue weighted by Crippen LogP contribution is 2.16. The van der Waals surface area contributed by atoms with Crippen molar-refractivity contribution < 1.29 is 9.90 Å². The normalized spacial score (nSPS) is 10.0. The van der Waals surface area contributed by atoms with E-state index < -0.39 is 5.97 Å². The molecule has 13 heavy (non-hydrogen) atoms. The average Bonchev–Trinajstić information content (AvgIpc) is 2.02. The third-order valence-electron chi connectivity index (χ3n) is 1.57. The number of nitrogen functional groups attached to an aromatic ring is 1. The molecule has 3 N–H and O–H groups in total. The summed E-state index contributed by atoms with van der Waals surface area (Å²) in [6.07, 6.45) is 0.463. The number of rotatable bonds is 2. The van der Waals surface area contributed by atoms with E-state index in [1.807, 2.05) is 0 Å². The van der Waals surface area contributed by atoms with Crippen molar-refractivity contribution in [2.75, 3.05) is 5.73 Å². The lowest BCUT2D eigenvalue weighted by Crippen LogP contribution is -2.10. The topological polar surface area (TPSA) is 89.1 Å². The summed E-state index contributed by atoms with van der Waals surface area (Å²) in [4.78, 5) is 17.9.